The Bertz CT molecular complexity index is 1170. The molecule has 37 heavy (non-hydrogen) atoms. The number of rotatable bonds is 12. The zero-order valence-electron chi connectivity index (χ0n) is 21.1. The molecule has 10 heteroatoms. The average molecular weight is 510 g/mol. The van der Waals surface area contributed by atoms with Gasteiger partial charge in [-0.15, -0.1) is 0 Å². The lowest BCUT2D eigenvalue weighted by molar-refractivity contribution is -0.141. The van der Waals surface area contributed by atoms with Crippen LogP contribution < -0.4 is 19.3 Å². The van der Waals surface area contributed by atoms with Gasteiger partial charge >= 0.3 is 12.0 Å². The Morgan fingerprint density at radius 2 is 1.73 bits per heavy atom. The van der Waals surface area contributed by atoms with Crippen LogP contribution in [0.5, 0.6) is 17.5 Å². The van der Waals surface area contributed by atoms with Gasteiger partial charge in [0.2, 0.25) is 11.9 Å². The predicted molar refractivity (Wildman–Crippen MR) is 138 cm³/mol. The van der Waals surface area contributed by atoms with Crippen molar-refractivity contribution in [2.75, 3.05) is 43.1 Å². The number of carboxylic acids is 1. The molecule has 1 atom stereocenters. The number of carbonyl (C=O) groups is 1. The summed E-state index contributed by atoms with van der Waals surface area (Å²) in [4.78, 5) is 28.8. The third kappa shape index (κ3) is 7.28. The Labute approximate surface area is 215 Å². The summed E-state index contributed by atoms with van der Waals surface area (Å²) in [5.41, 5.74) is 0.965. The molecular formula is C27H32FN5O4. The van der Waals surface area contributed by atoms with Gasteiger partial charge in [-0.3, -0.25) is 4.79 Å². The number of carboxylic acid groups (broad SMARTS) is 1. The van der Waals surface area contributed by atoms with Crippen LogP contribution in [-0.2, 0) is 11.2 Å². The lowest BCUT2D eigenvalue weighted by atomic mass is 9.97. The summed E-state index contributed by atoms with van der Waals surface area (Å²) in [7, 11) is 1.87. The largest absolute Gasteiger partial charge is 0.492 e. The van der Waals surface area contributed by atoms with Crippen molar-refractivity contribution in [3.8, 4) is 17.5 Å². The van der Waals surface area contributed by atoms with Crippen LogP contribution >= 0.6 is 0 Å². The molecule has 1 aromatic heterocycles. The number of halogens is 1. The number of hydrogen-bond acceptors (Lipinski definition) is 8. The standard InChI is InChI=1S/C27H32FN5O4/c1-3-20(24(34)35)18-19-6-10-22(11-7-19)36-17-16-32(2)25-29-26(33-14-4-5-15-33)31-27(30-25)37-23-12-8-21(28)9-13-23/h6-13,20H,3-5,14-18H2,1-2H3,(H,34,35). The van der Waals surface area contributed by atoms with Gasteiger partial charge in [-0.05, 0) is 67.6 Å². The minimum atomic E-state index is -0.775. The minimum Gasteiger partial charge on any atom is -0.492 e. The van der Waals surface area contributed by atoms with Crippen LogP contribution in [0.4, 0.5) is 16.3 Å². The summed E-state index contributed by atoms with van der Waals surface area (Å²) in [5.74, 6) is 0.637. The Balaban J connectivity index is 1.39. The molecule has 0 radical (unpaired) electrons. The maximum Gasteiger partial charge on any atom is 0.328 e. The molecular weight excluding hydrogens is 477 g/mol. The highest BCUT2D eigenvalue weighted by molar-refractivity contribution is 5.70. The topological polar surface area (TPSA) is 101 Å². The molecule has 196 valence electrons. The smallest absolute Gasteiger partial charge is 0.328 e. The highest BCUT2D eigenvalue weighted by Crippen LogP contribution is 2.24. The first-order chi connectivity index (χ1) is 17.9. The van der Waals surface area contributed by atoms with Crippen LogP contribution in [0.2, 0.25) is 0 Å². The molecule has 4 rings (SSSR count). The van der Waals surface area contributed by atoms with Crippen molar-refractivity contribution in [2.45, 2.75) is 32.6 Å². The first kappa shape index (κ1) is 26.1. The summed E-state index contributed by atoms with van der Waals surface area (Å²) >= 11 is 0. The van der Waals surface area contributed by atoms with Gasteiger partial charge in [-0.1, -0.05) is 19.1 Å². The molecule has 0 aliphatic carbocycles. The molecule has 0 spiro atoms. The van der Waals surface area contributed by atoms with Gasteiger partial charge in [0.15, 0.2) is 0 Å². The summed E-state index contributed by atoms with van der Waals surface area (Å²) in [5, 5.41) is 9.26. The van der Waals surface area contributed by atoms with E-state index in [9.17, 15) is 14.3 Å². The van der Waals surface area contributed by atoms with E-state index in [0.29, 0.717) is 49.4 Å². The molecule has 9 nitrogen and oxygen atoms in total. The van der Waals surface area contributed by atoms with Gasteiger partial charge in [-0.25, -0.2) is 4.39 Å². The van der Waals surface area contributed by atoms with E-state index in [4.69, 9.17) is 9.47 Å². The van der Waals surface area contributed by atoms with Crippen molar-refractivity contribution in [3.05, 3.63) is 59.9 Å². The second-order valence-corrected chi connectivity index (χ2v) is 9.03. The summed E-state index contributed by atoms with van der Waals surface area (Å²) in [6, 6.07) is 13.4. The fraction of sp³-hybridized carbons (Fsp3) is 0.407. The molecule has 1 fully saturated rings. The van der Waals surface area contributed by atoms with E-state index in [-0.39, 0.29) is 17.7 Å². The van der Waals surface area contributed by atoms with E-state index in [2.05, 4.69) is 19.9 Å². The third-order valence-electron chi connectivity index (χ3n) is 6.29. The zero-order chi connectivity index (χ0) is 26.2. The van der Waals surface area contributed by atoms with Gasteiger partial charge in [0.1, 0.15) is 23.9 Å². The van der Waals surface area contributed by atoms with Crippen molar-refractivity contribution in [1.29, 1.82) is 0 Å². The lowest BCUT2D eigenvalue weighted by Crippen LogP contribution is -2.28. The Hall–Kier alpha value is -3.95. The first-order valence-electron chi connectivity index (χ1n) is 12.5. The number of aliphatic carboxylic acids is 1. The van der Waals surface area contributed by atoms with E-state index in [1.54, 1.807) is 0 Å². The zero-order valence-corrected chi connectivity index (χ0v) is 21.1. The molecule has 1 unspecified atom stereocenters. The van der Waals surface area contributed by atoms with Gasteiger partial charge in [0.05, 0.1) is 12.5 Å². The maximum absolute atomic E-state index is 13.3. The molecule has 2 heterocycles. The lowest BCUT2D eigenvalue weighted by Gasteiger charge is -2.21. The van der Waals surface area contributed by atoms with Crippen LogP contribution in [0.1, 0.15) is 31.7 Å². The van der Waals surface area contributed by atoms with Gasteiger partial charge in [0.25, 0.3) is 0 Å². The van der Waals surface area contributed by atoms with Crippen molar-refractivity contribution in [3.63, 3.8) is 0 Å². The van der Waals surface area contributed by atoms with Crippen LogP contribution in [-0.4, -0.2) is 59.3 Å². The average Bonchev–Trinajstić information content (AvgIpc) is 3.44. The van der Waals surface area contributed by atoms with Gasteiger partial charge < -0.3 is 24.4 Å². The van der Waals surface area contributed by atoms with Crippen LogP contribution in [0.25, 0.3) is 0 Å². The van der Waals surface area contributed by atoms with E-state index < -0.39 is 5.97 Å². The SMILES string of the molecule is CCC(Cc1ccc(OCCN(C)c2nc(Oc3ccc(F)cc3)nc(N3CCCC3)n2)cc1)C(=O)O. The fourth-order valence-corrected chi connectivity index (χ4v) is 4.03. The maximum atomic E-state index is 13.3. The van der Waals surface area contributed by atoms with Crippen LogP contribution in [0.3, 0.4) is 0 Å². The predicted octanol–water partition coefficient (Wildman–Crippen LogP) is 4.57. The molecule has 0 saturated carbocycles. The number of nitrogens with zero attached hydrogens (tertiary/aromatic N) is 5. The van der Waals surface area contributed by atoms with Crippen LogP contribution in [0, 0.1) is 11.7 Å². The van der Waals surface area contributed by atoms with E-state index in [1.165, 1.54) is 24.3 Å². The van der Waals surface area contributed by atoms with E-state index >= 15 is 0 Å². The fourth-order valence-electron chi connectivity index (χ4n) is 4.03. The molecule has 1 N–H and O–H groups in total. The van der Waals surface area contributed by atoms with Crippen molar-refractivity contribution >= 4 is 17.9 Å². The van der Waals surface area contributed by atoms with Gasteiger partial charge in [0, 0.05) is 20.1 Å². The molecule has 3 aromatic rings. The van der Waals surface area contributed by atoms with Crippen molar-refractivity contribution in [2.24, 2.45) is 5.92 Å². The third-order valence-corrected chi connectivity index (χ3v) is 6.29. The minimum absolute atomic E-state index is 0.147. The number of likely N-dealkylation sites (N-methyl/N-ethyl adjacent to an activating group) is 1. The molecule has 2 aromatic carbocycles. The Morgan fingerprint density at radius 3 is 2.38 bits per heavy atom. The van der Waals surface area contributed by atoms with Crippen molar-refractivity contribution in [1.82, 2.24) is 15.0 Å². The number of ether oxygens (including phenoxy) is 2. The highest BCUT2D eigenvalue weighted by Gasteiger charge is 2.20. The Kier molecular flexibility index (Phi) is 8.71. The normalized spacial score (nSPS) is 13.9. The van der Waals surface area contributed by atoms with Crippen molar-refractivity contribution < 1.29 is 23.8 Å². The summed E-state index contributed by atoms with van der Waals surface area (Å²) in [6.45, 7) is 4.52. The molecule has 1 aliphatic heterocycles. The monoisotopic (exact) mass is 509 g/mol. The first-order valence-corrected chi connectivity index (χ1v) is 12.5. The quantitative estimate of drug-likeness (QED) is 0.376. The second kappa shape index (κ2) is 12.3. The highest BCUT2D eigenvalue weighted by atomic mass is 19.1. The summed E-state index contributed by atoms with van der Waals surface area (Å²) in [6.07, 6.45) is 3.24. The van der Waals surface area contributed by atoms with Gasteiger partial charge in [-0.2, -0.15) is 15.0 Å². The number of hydrogen-bond donors (Lipinski definition) is 1. The van der Waals surface area contributed by atoms with E-state index in [1.807, 2.05) is 43.1 Å². The molecule has 1 saturated heterocycles. The number of benzene rings is 2. The molecule has 0 bridgehead atoms. The van der Waals surface area contributed by atoms with Crippen LogP contribution in [0.15, 0.2) is 48.5 Å². The Morgan fingerprint density at radius 1 is 1.05 bits per heavy atom. The number of aromatic nitrogens is 3. The summed E-state index contributed by atoms with van der Waals surface area (Å²) < 4.78 is 25.0. The van der Waals surface area contributed by atoms with E-state index in [0.717, 1.165) is 31.5 Å². The number of anilines is 2. The molecule has 1 aliphatic rings. The second-order valence-electron chi connectivity index (χ2n) is 9.03. The molecule has 0 amide bonds.